The Hall–Kier alpha value is -2.63. The molecule has 5 nitrogen and oxygen atoms in total. The van der Waals surface area contributed by atoms with Crippen molar-refractivity contribution in [1.82, 2.24) is 10.3 Å². The van der Waals surface area contributed by atoms with Gasteiger partial charge in [0, 0.05) is 34.3 Å². The molecule has 0 spiro atoms. The van der Waals surface area contributed by atoms with Crippen LogP contribution in [0.4, 0.5) is 0 Å². The van der Waals surface area contributed by atoms with Crippen molar-refractivity contribution in [2.75, 3.05) is 13.1 Å². The van der Waals surface area contributed by atoms with Crippen molar-refractivity contribution < 1.29 is 21.8 Å². The number of H-pyrrole nitrogens is 1. The topological polar surface area (TPSA) is 74.8 Å². The van der Waals surface area contributed by atoms with Gasteiger partial charge in [0.25, 0.3) is 5.91 Å². The molecule has 0 radical (unpaired) electrons. The van der Waals surface area contributed by atoms with E-state index in [1.165, 1.54) is 5.56 Å². The maximum Gasteiger partial charge on any atom is 0.254 e. The molecule has 0 fully saturated rings. The van der Waals surface area contributed by atoms with Crippen LogP contribution in [0.3, 0.4) is 0 Å². The highest BCUT2D eigenvalue weighted by atomic mass is 35.5. The Morgan fingerprint density at radius 2 is 1.96 bits per heavy atom. The lowest BCUT2D eigenvalue weighted by atomic mass is 9.95. The van der Waals surface area contributed by atoms with E-state index in [1.54, 1.807) is 0 Å². The Morgan fingerprint density at radius 3 is 2.74 bits per heavy atom. The zero-order valence-electron chi connectivity index (χ0n) is 15.5. The molecule has 0 aliphatic carbocycles. The fourth-order valence-corrected chi connectivity index (χ4v) is 3.73. The fraction of sp³-hybridized carbons (Fsp3) is 0.238. The van der Waals surface area contributed by atoms with Gasteiger partial charge in [-0.25, -0.2) is 4.57 Å². The number of benzene rings is 2. The van der Waals surface area contributed by atoms with E-state index >= 15 is 0 Å². The van der Waals surface area contributed by atoms with Gasteiger partial charge in [-0.2, -0.15) is 0 Å². The van der Waals surface area contributed by atoms with Crippen LogP contribution in [0.15, 0.2) is 42.7 Å². The molecule has 140 valence electrons. The van der Waals surface area contributed by atoms with Crippen molar-refractivity contribution in [2.24, 2.45) is 12.8 Å². The average molecular weight is 383 g/mol. The van der Waals surface area contributed by atoms with Gasteiger partial charge in [0.15, 0.2) is 12.4 Å². The number of pyridine rings is 1. The Labute approximate surface area is 164 Å². The number of nitrogens with zero attached hydrogens (tertiary/aromatic N) is 1. The van der Waals surface area contributed by atoms with Gasteiger partial charge in [-0.05, 0) is 31.5 Å². The lowest BCUT2D eigenvalue weighted by Gasteiger charge is -2.11. The van der Waals surface area contributed by atoms with Crippen molar-refractivity contribution in [3.8, 4) is 0 Å². The molecule has 1 amide bonds. The molecule has 0 unspecified atom stereocenters. The highest BCUT2D eigenvalue weighted by molar-refractivity contribution is 6.24. The number of rotatable bonds is 4. The molecule has 4 aromatic rings. The van der Waals surface area contributed by atoms with Crippen LogP contribution in [0.2, 0.25) is 0 Å². The van der Waals surface area contributed by atoms with E-state index in [-0.39, 0.29) is 18.3 Å². The largest absolute Gasteiger partial charge is 1.00 e. The molecule has 6 heteroatoms. The Morgan fingerprint density at radius 1 is 1.19 bits per heavy atom. The summed E-state index contributed by atoms with van der Waals surface area (Å²) in [4.78, 5) is 16.5. The molecule has 0 aliphatic heterocycles. The number of halogens is 1. The van der Waals surface area contributed by atoms with E-state index in [0.717, 1.165) is 39.0 Å². The summed E-state index contributed by atoms with van der Waals surface area (Å²) in [5.41, 5.74) is 9.39. The minimum Gasteiger partial charge on any atom is -1.00 e. The van der Waals surface area contributed by atoms with E-state index in [1.807, 2.05) is 36.0 Å². The first-order valence-corrected chi connectivity index (χ1v) is 8.92. The normalized spacial score (nSPS) is 11.1. The molecule has 2 heterocycles. The van der Waals surface area contributed by atoms with E-state index in [2.05, 4.69) is 35.6 Å². The van der Waals surface area contributed by atoms with Gasteiger partial charge in [-0.1, -0.05) is 18.2 Å². The number of nitrogens with one attached hydrogen (secondary N) is 2. The molecule has 0 bridgehead atoms. The summed E-state index contributed by atoms with van der Waals surface area (Å²) >= 11 is 0. The van der Waals surface area contributed by atoms with Crippen LogP contribution in [0.5, 0.6) is 0 Å². The first kappa shape index (κ1) is 19.1. The number of aromatic nitrogens is 2. The number of aromatic amines is 1. The van der Waals surface area contributed by atoms with E-state index in [0.29, 0.717) is 18.7 Å². The highest BCUT2D eigenvalue weighted by Gasteiger charge is 2.21. The summed E-state index contributed by atoms with van der Waals surface area (Å²) in [6.45, 7) is 3.26. The van der Waals surface area contributed by atoms with Crippen LogP contribution < -0.4 is 28.0 Å². The quantitative estimate of drug-likeness (QED) is 0.334. The molecule has 2 aromatic carbocycles. The van der Waals surface area contributed by atoms with Gasteiger partial charge >= 0.3 is 0 Å². The number of nitrogens with two attached hydrogens (primary N) is 1. The van der Waals surface area contributed by atoms with Crippen molar-refractivity contribution >= 4 is 38.5 Å². The van der Waals surface area contributed by atoms with Gasteiger partial charge in [0.1, 0.15) is 7.05 Å². The van der Waals surface area contributed by atoms with Gasteiger partial charge < -0.3 is 28.4 Å². The fourth-order valence-electron chi connectivity index (χ4n) is 3.73. The number of hydrogen-bond donors (Lipinski definition) is 3. The molecule has 27 heavy (non-hydrogen) atoms. The van der Waals surface area contributed by atoms with E-state index in [4.69, 9.17) is 5.73 Å². The third-order valence-electron chi connectivity index (χ3n) is 5.00. The third-order valence-corrected chi connectivity index (χ3v) is 5.00. The van der Waals surface area contributed by atoms with Crippen LogP contribution in [0.25, 0.3) is 32.6 Å². The highest BCUT2D eigenvalue weighted by Crippen LogP contribution is 2.36. The maximum atomic E-state index is 13.0. The lowest BCUT2D eigenvalue weighted by molar-refractivity contribution is -0.670. The minimum atomic E-state index is -0.0612. The summed E-state index contributed by atoms with van der Waals surface area (Å²) in [5, 5.41) is 7.33. The van der Waals surface area contributed by atoms with Crippen LogP contribution in [-0.2, 0) is 7.05 Å². The number of para-hydroxylation sites is 1. The van der Waals surface area contributed by atoms with Crippen LogP contribution >= 0.6 is 0 Å². The lowest BCUT2D eigenvalue weighted by Crippen LogP contribution is -3.00. The van der Waals surface area contributed by atoms with Crippen LogP contribution in [0, 0.1) is 6.92 Å². The van der Waals surface area contributed by atoms with Crippen molar-refractivity contribution in [2.45, 2.75) is 13.3 Å². The van der Waals surface area contributed by atoms with Gasteiger partial charge in [-0.3, -0.25) is 4.79 Å². The SMILES string of the molecule is Cc1c2c[n+](C)ccc2c(C(=O)NCCCN)c2[nH]c3ccccc3c12.[Cl-]. The zero-order valence-corrected chi connectivity index (χ0v) is 16.2. The number of amides is 1. The smallest absolute Gasteiger partial charge is 0.254 e. The number of fused-ring (bicyclic) bond motifs is 4. The minimum absolute atomic E-state index is 0. The molecular formula is C21H23ClN4O. The molecule has 0 saturated heterocycles. The van der Waals surface area contributed by atoms with Crippen molar-refractivity contribution in [1.29, 1.82) is 0 Å². The molecular weight excluding hydrogens is 360 g/mol. The molecule has 0 saturated carbocycles. The molecule has 0 aliphatic rings. The van der Waals surface area contributed by atoms with Crippen molar-refractivity contribution in [3.05, 3.63) is 53.9 Å². The summed E-state index contributed by atoms with van der Waals surface area (Å²) in [6.07, 6.45) is 4.83. The van der Waals surface area contributed by atoms with Gasteiger partial charge in [-0.15, -0.1) is 0 Å². The second-order valence-corrected chi connectivity index (χ2v) is 6.76. The zero-order chi connectivity index (χ0) is 18.3. The van der Waals surface area contributed by atoms with Crippen molar-refractivity contribution in [3.63, 3.8) is 0 Å². The van der Waals surface area contributed by atoms with E-state index in [9.17, 15) is 4.79 Å². The van der Waals surface area contributed by atoms with Crippen LogP contribution in [0.1, 0.15) is 22.3 Å². The van der Waals surface area contributed by atoms with Gasteiger partial charge in [0.05, 0.1) is 16.5 Å². The average Bonchev–Trinajstić information content (AvgIpc) is 3.02. The number of aryl methyl sites for hydroxylation is 2. The number of hydrogen-bond acceptors (Lipinski definition) is 2. The Kier molecular flexibility index (Phi) is 5.35. The summed E-state index contributed by atoms with van der Waals surface area (Å²) < 4.78 is 2.02. The Bertz CT molecular complexity index is 1150. The summed E-state index contributed by atoms with van der Waals surface area (Å²) in [5.74, 6) is -0.0612. The van der Waals surface area contributed by atoms with E-state index < -0.39 is 0 Å². The number of carbonyl (C=O) groups excluding carboxylic acids is 1. The predicted molar refractivity (Wildman–Crippen MR) is 105 cm³/mol. The summed E-state index contributed by atoms with van der Waals surface area (Å²) in [6, 6.07) is 10.2. The van der Waals surface area contributed by atoms with Gasteiger partial charge in [0.2, 0.25) is 0 Å². The molecule has 4 N–H and O–H groups in total. The second kappa shape index (κ2) is 7.55. The molecule has 4 rings (SSSR count). The Balaban J connectivity index is 0.00000210. The monoisotopic (exact) mass is 382 g/mol. The first-order chi connectivity index (χ1) is 12.6. The second-order valence-electron chi connectivity index (χ2n) is 6.76. The molecule has 0 atom stereocenters. The number of carbonyl (C=O) groups is 1. The maximum absolute atomic E-state index is 13.0. The molecule has 2 aromatic heterocycles. The predicted octanol–water partition coefficient (Wildman–Crippen LogP) is -0.310. The van der Waals surface area contributed by atoms with Crippen LogP contribution in [-0.4, -0.2) is 24.0 Å². The summed E-state index contributed by atoms with van der Waals surface area (Å²) in [7, 11) is 2.00. The third kappa shape index (κ3) is 3.13. The standard InChI is InChI=1S/C21H22N4O.ClH/c1-13-16-12-25(2)11-8-14(16)19(21(26)23-10-5-9-22)20-18(13)15-6-3-4-7-17(15)24-20;/h3-4,6-8,11-12H,5,9-10,22H2,1-2H3,(H,23,26);1H. The first-order valence-electron chi connectivity index (χ1n) is 8.92.